The van der Waals surface area contributed by atoms with Gasteiger partial charge in [0.15, 0.2) is 5.69 Å². The number of rotatable bonds is 7. The number of nitrogens with zero attached hydrogens (tertiary/aromatic N) is 3. The monoisotopic (exact) mass is 374 g/mol. The first-order valence-electron chi connectivity index (χ1n) is 8.75. The summed E-state index contributed by atoms with van der Waals surface area (Å²) in [5, 5.41) is 19.8. The Kier molecular flexibility index (Phi) is 6.32. The topological polar surface area (TPSA) is 106 Å². The van der Waals surface area contributed by atoms with Crippen LogP contribution in [0.2, 0.25) is 0 Å². The highest BCUT2D eigenvalue weighted by molar-refractivity contribution is 5.95. The maximum Gasteiger partial charge on any atom is 0.326 e. The number of aromatic nitrogens is 3. The zero-order valence-electron chi connectivity index (χ0n) is 16.3. The summed E-state index contributed by atoms with van der Waals surface area (Å²) in [5.74, 6) is -1.70. The Labute approximate surface area is 158 Å². The Morgan fingerprint density at radius 1 is 1.22 bits per heavy atom. The third-order valence-corrected chi connectivity index (χ3v) is 3.93. The molecule has 27 heavy (non-hydrogen) atoms. The number of hydrogen-bond donors (Lipinski definition) is 2. The van der Waals surface area contributed by atoms with Crippen LogP contribution in [0.25, 0.3) is 5.69 Å². The lowest BCUT2D eigenvalue weighted by molar-refractivity contribution is -0.140. The van der Waals surface area contributed by atoms with Crippen LogP contribution >= 0.6 is 0 Å². The van der Waals surface area contributed by atoms with Crippen LogP contribution in [0, 0.1) is 13.8 Å². The number of carbonyl (C=O) groups is 2. The summed E-state index contributed by atoms with van der Waals surface area (Å²) in [6.07, 6.45) is 0.156. The number of benzene rings is 1. The number of aliphatic carboxylic acids is 1. The van der Waals surface area contributed by atoms with E-state index in [4.69, 9.17) is 4.74 Å². The van der Waals surface area contributed by atoms with Crippen molar-refractivity contribution in [2.24, 2.45) is 0 Å². The van der Waals surface area contributed by atoms with Crippen molar-refractivity contribution < 1.29 is 19.4 Å². The van der Waals surface area contributed by atoms with E-state index >= 15 is 0 Å². The van der Waals surface area contributed by atoms with Crippen molar-refractivity contribution >= 4 is 11.9 Å². The molecule has 0 saturated heterocycles. The molecule has 0 aliphatic rings. The molecule has 2 aromatic rings. The van der Waals surface area contributed by atoms with E-state index in [-0.39, 0.29) is 24.3 Å². The molecular weight excluding hydrogens is 348 g/mol. The molecule has 1 unspecified atom stereocenters. The minimum atomic E-state index is -1.12. The fourth-order valence-electron chi connectivity index (χ4n) is 2.44. The first-order valence-corrected chi connectivity index (χ1v) is 8.75. The Balaban J connectivity index is 2.10. The van der Waals surface area contributed by atoms with Crippen LogP contribution in [-0.4, -0.2) is 50.2 Å². The Morgan fingerprint density at radius 3 is 2.41 bits per heavy atom. The van der Waals surface area contributed by atoms with Gasteiger partial charge in [-0.25, -0.2) is 9.48 Å². The Bertz CT molecular complexity index is 806. The number of hydrogen-bond acceptors (Lipinski definition) is 5. The average Bonchev–Trinajstić information content (AvgIpc) is 2.95. The predicted octanol–water partition coefficient (Wildman–Crippen LogP) is 2.27. The van der Waals surface area contributed by atoms with Crippen LogP contribution in [0.5, 0.6) is 0 Å². The maximum atomic E-state index is 12.5. The van der Waals surface area contributed by atoms with E-state index in [0.29, 0.717) is 5.69 Å². The molecule has 8 heteroatoms. The van der Waals surface area contributed by atoms with Crippen molar-refractivity contribution in [1.82, 2.24) is 20.3 Å². The highest BCUT2D eigenvalue weighted by Crippen LogP contribution is 2.14. The van der Waals surface area contributed by atoms with Crippen molar-refractivity contribution in [3.63, 3.8) is 0 Å². The van der Waals surface area contributed by atoms with Crippen molar-refractivity contribution in [2.75, 3.05) is 6.61 Å². The van der Waals surface area contributed by atoms with Gasteiger partial charge in [-0.05, 0) is 46.8 Å². The summed E-state index contributed by atoms with van der Waals surface area (Å²) in [6.45, 7) is 9.56. The molecule has 0 aliphatic heterocycles. The maximum absolute atomic E-state index is 12.5. The van der Waals surface area contributed by atoms with Crippen LogP contribution in [0.1, 0.15) is 48.9 Å². The molecule has 0 fully saturated rings. The van der Waals surface area contributed by atoms with Gasteiger partial charge < -0.3 is 15.2 Å². The summed E-state index contributed by atoms with van der Waals surface area (Å²) in [5.41, 5.74) is 2.14. The molecule has 1 atom stereocenters. The smallest absolute Gasteiger partial charge is 0.326 e. The van der Waals surface area contributed by atoms with Gasteiger partial charge in [0.05, 0.1) is 17.0 Å². The molecule has 0 aliphatic carbocycles. The van der Waals surface area contributed by atoms with Crippen LogP contribution < -0.4 is 5.32 Å². The SMILES string of the molecule is Cc1ccc(-n2nnc(C(=O)NC(CCOC(C)(C)C)C(=O)O)c2C)cc1. The first-order chi connectivity index (χ1) is 12.6. The highest BCUT2D eigenvalue weighted by Gasteiger charge is 2.25. The summed E-state index contributed by atoms with van der Waals surface area (Å²) < 4.78 is 7.09. The lowest BCUT2D eigenvalue weighted by Gasteiger charge is -2.21. The number of amides is 1. The molecule has 2 rings (SSSR count). The second-order valence-corrected chi connectivity index (χ2v) is 7.38. The lowest BCUT2D eigenvalue weighted by atomic mass is 10.1. The van der Waals surface area contributed by atoms with Gasteiger partial charge in [0.1, 0.15) is 6.04 Å². The quantitative estimate of drug-likeness (QED) is 0.770. The van der Waals surface area contributed by atoms with Gasteiger partial charge in [-0.3, -0.25) is 4.79 Å². The number of ether oxygens (including phenoxy) is 1. The van der Waals surface area contributed by atoms with E-state index in [1.165, 1.54) is 0 Å². The third-order valence-electron chi connectivity index (χ3n) is 3.93. The number of nitrogens with one attached hydrogen (secondary N) is 1. The highest BCUT2D eigenvalue weighted by atomic mass is 16.5. The minimum absolute atomic E-state index is 0.0959. The normalized spacial score (nSPS) is 12.6. The van der Waals surface area contributed by atoms with E-state index in [0.717, 1.165) is 11.3 Å². The van der Waals surface area contributed by atoms with Crippen LogP contribution in [0.3, 0.4) is 0 Å². The van der Waals surface area contributed by atoms with Crippen LogP contribution in [0.15, 0.2) is 24.3 Å². The summed E-state index contributed by atoms with van der Waals surface area (Å²) in [7, 11) is 0. The fourth-order valence-corrected chi connectivity index (χ4v) is 2.44. The first kappa shape index (κ1) is 20.6. The summed E-state index contributed by atoms with van der Waals surface area (Å²) >= 11 is 0. The summed E-state index contributed by atoms with van der Waals surface area (Å²) in [6, 6.07) is 6.56. The van der Waals surface area contributed by atoms with Crippen molar-refractivity contribution in [3.8, 4) is 5.69 Å². The molecule has 1 heterocycles. The van der Waals surface area contributed by atoms with Gasteiger partial charge in [0, 0.05) is 13.0 Å². The molecule has 1 amide bonds. The zero-order valence-corrected chi connectivity index (χ0v) is 16.3. The largest absolute Gasteiger partial charge is 0.480 e. The van der Waals surface area contributed by atoms with Crippen molar-refractivity contribution in [3.05, 3.63) is 41.2 Å². The predicted molar refractivity (Wildman–Crippen MR) is 100 cm³/mol. The van der Waals surface area contributed by atoms with Crippen molar-refractivity contribution in [2.45, 2.75) is 52.7 Å². The molecular formula is C19H26N4O4. The van der Waals surface area contributed by atoms with Crippen LogP contribution in [-0.2, 0) is 9.53 Å². The zero-order chi connectivity index (χ0) is 20.2. The number of aryl methyl sites for hydroxylation is 1. The minimum Gasteiger partial charge on any atom is -0.480 e. The molecule has 0 spiro atoms. The molecule has 0 bridgehead atoms. The number of carboxylic acids is 1. The van der Waals surface area contributed by atoms with Gasteiger partial charge in [0.2, 0.25) is 0 Å². The van der Waals surface area contributed by atoms with E-state index in [9.17, 15) is 14.7 Å². The lowest BCUT2D eigenvalue weighted by Crippen LogP contribution is -2.42. The summed E-state index contributed by atoms with van der Waals surface area (Å²) in [4.78, 5) is 24.0. The third kappa shape index (κ3) is 5.62. The second-order valence-electron chi connectivity index (χ2n) is 7.38. The van der Waals surface area contributed by atoms with Gasteiger partial charge >= 0.3 is 5.97 Å². The van der Waals surface area contributed by atoms with E-state index in [1.54, 1.807) is 11.6 Å². The van der Waals surface area contributed by atoms with E-state index < -0.39 is 17.9 Å². The Hall–Kier alpha value is -2.74. The molecule has 0 radical (unpaired) electrons. The average molecular weight is 374 g/mol. The fraction of sp³-hybridized carbons (Fsp3) is 0.474. The molecule has 1 aromatic carbocycles. The van der Waals surface area contributed by atoms with Gasteiger partial charge in [-0.2, -0.15) is 0 Å². The number of carboxylic acid groups (broad SMARTS) is 1. The van der Waals surface area contributed by atoms with E-state index in [2.05, 4.69) is 15.6 Å². The molecule has 0 saturated carbocycles. The number of carbonyl (C=O) groups excluding carboxylic acids is 1. The van der Waals surface area contributed by atoms with E-state index in [1.807, 2.05) is 52.0 Å². The molecule has 2 N–H and O–H groups in total. The Morgan fingerprint density at radius 2 is 1.85 bits per heavy atom. The van der Waals surface area contributed by atoms with Crippen molar-refractivity contribution in [1.29, 1.82) is 0 Å². The van der Waals surface area contributed by atoms with Gasteiger partial charge in [0.25, 0.3) is 5.91 Å². The molecule has 8 nitrogen and oxygen atoms in total. The molecule has 146 valence electrons. The molecule has 1 aromatic heterocycles. The van der Waals surface area contributed by atoms with Gasteiger partial charge in [-0.1, -0.05) is 22.9 Å². The van der Waals surface area contributed by atoms with Crippen LogP contribution in [0.4, 0.5) is 0 Å². The second kappa shape index (κ2) is 8.30. The standard InChI is InChI=1S/C19H26N4O4/c1-12-6-8-14(9-7-12)23-13(2)16(21-22-23)17(24)20-15(18(25)26)10-11-27-19(3,4)5/h6-9,15H,10-11H2,1-5H3,(H,20,24)(H,25,26). The van der Waals surface area contributed by atoms with Gasteiger partial charge in [-0.15, -0.1) is 5.10 Å².